The molecular formula is C22H36N6O4. The fourth-order valence-electron chi connectivity index (χ4n) is 3.10. The van der Waals surface area contributed by atoms with Crippen LogP contribution in [0.15, 0.2) is 30.3 Å². The molecule has 0 saturated carbocycles. The molecule has 1 aromatic rings. The Balaban J connectivity index is 3.09. The highest BCUT2D eigenvalue weighted by Crippen LogP contribution is 2.20. The molecule has 10 heteroatoms. The molecule has 0 aliphatic carbocycles. The number of hydrogen-bond donors (Lipinski definition) is 6. The number of amides is 2. The zero-order valence-corrected chi connectivity index (χ0v) is 19.0. The molecule has 2 amide bonds. The van der Waals surface area contributed by atoms with Crippen molar-refractivity contribution in [1.82, 2.24) is 10.6 Å². The van der Waals surface area contributed by atoms with E-state index in [1.807, 2.05) is 13.8 Å². The highest BCUT2D eigenvalue weighted by Gasteiger charge is 2.50. The molecule has 0 fully saturated rings. The van der Waals surface area contributed by atoms with Crippen molar-refractivity contribution in [3.8, 4) is 0 Å². The van der Waals surface area contributed by atoms with Gasteiger partial charge in [0, 0.05) is 5.56 Å². The Labute approximate surface area is 188 Å². The van der Waals surface area contributed by atoms with Gasteiger partial charge in [0.2, 0.25) is 11.8 Å². The molecule has 10 nitrogen and oxygen atoms in total. The van der Waals surface area contributed by atoms with Gasteiger partial charge < -0.3 is 33.6 Å². The standard InChI is InChI=1S/C22H36N6O4/c1-14(2)12-17(27-19(31)16(24)10-7-11-23)20(32)28-22(26,13-29)21(3,25)18(30)15-8-5-4-6-9-15/h4-6,8-9,13-14,16-17H,7,10-12,23-26H2,1-3H3,(H,27,31)(H,28,32)/t16-,17-,21?,22?/m0/s1. The molecule has 0 spiro atoms. The predicted molar refractivity (Wildman–Crippen MR) is 122 cm³/mol. The number of rotatable bonds is 13. The topological polar surface area (TPSA) is 196 Å². The van der Waals surface area contributed by atoms with Crippen molar-refractivity contribution in [2.24, 2.45) is 28.9 Å². The lowest BCUT2D eigenvalue weighted by Crippen LogP contribution is -2.77. The maximum absolute atomic E-state index is 13.0. The molecule has 10 N–H and O–H groups in total. The van der Waals surface area contributed by atoms with Crippen molar-refractivity contribution in [3.63, 3.8) is 0 Å². The van der Waals surface area contributed by atoms with Gasteiger partial charge in [0.25, 0.3) is 0 Å². The van der Waals surface area contributed by atoms with Crippen molar-refractivity contribution >= 4 is 23.9 Å². The first kappa shape index (κ1) is 27.4. The second-order valence-electron chi connectivity index (χ2n) is 8.60. The van der Waals surface area contributed by atoms with Gasteiger partial charge in [-0.3, -0.25) is 19.2 Å². The van der Waals surface area contributed by atoms with E-state index in [1.54, 1.807) is 18.2 Å². The third-order valence-electron chi connectivity index (χ3n) is 5.28. The maximum Gasteiger partial charge on any atom is 0.244 e. The summed E-state index contributed by atoms with van der Waals surface area (Å²) in [5, 5.41) is 4.98. The minimum absolute atomic E-state index is 0.0185. The predicted octanol–water partition coefficient (Wildman–Crippen LogP) is -0.846. The van der Waals surface area contributed by atoms with Crippen LogP contribution < -0.4 is 33.6 Å². The van der Waals surface area contributed by atoms with Crippen LogP contribution in [0.4, 0.5) is 0 Å². The third-order valence-corrected chi connectivity index (χ3v) is 5.28. The van der Waals surface area contributed by atoms with Gasteiger partial charge in [-0.25, -0.2) is 0 Å². The quantitative estimate of drug-likeness (QED) is 0.127. The van der Waals surface area contributed by atoms with Gasteiger partial charge >= 0.3 is 0 Å². The Morgan fingerprint density at radius 3 is 2.19 bits per heavy atom. The van der Waals surface area contributed by atoms with Gasteiger partial charge in [0.05, 0.1) is 6.04 Å². The van der Waals surface area contributed by atoms with Crippen LogP contribution in [0.1, 0.15) is 50.4 Å². The van der Waals surface area contributed by atoms with Gasteiger partial charge in [-0.15, -0.1) is 0 Å². The third kappa shape index (κ3) is 6.92. The lowest BCUT2D eigenvalue weighted by molar-refractivity contribution is -0.133. The fourth-order valence-corrected chi connectivity index (χ4v) is 3.10. The molecule has 0 aromatic heterocycles. The lowest BCUT2D eigenvalue weighted by Gasteiger charge is -2.39. The summed E-state index contributed by atoms with van der Waals surface area (Å²) in [6.07, 6.45) is 1.40. The van der Waals surface area contributed by atoms with Crippen LogP contribution in [0.5, 0.6) is 0 Å². The van der Waals surface area contributed by atoms with Gasteiger partial charge in [0.15, 0.2) is 17.7 Å². The van der Waals surface area contributed by atoms with E-state index in [2.05, 4.69) is 10.6 Å². The van der Waals surface area contributed by atoms with E-state index >= 15 is 0 Å². The lowest BCUT2D eigenvalue weighted by atomic mass is 9.80. The fraction of sp³-hybridized carbons (Fsp3) is 0.545. The first-order valence-electron chi connectivity index (χ1n) is 10.6. The molecule has 0 heterocycles. The van der Waals surface area contributed by atoms with E-state index in [0.717, 1.165) is 0 Å². The SMILES string of the molecule is CC(C)C[C@H](NC(=O)[C@@H](N)CCCN)C(=O)NC(N)(C=O)C(C)(N)C(=O)c1ccccc1. The molecular weight excluding hydrogens is 412 g/mol. The summed E-state index contributed by atoms with van der Waals surface area (Å²) in [7, 11) is 0. The zero-order valence-electron chi connectivity index (χ0n) is 19.0. The summed E-state index contributed by atoms with van der Waals surface area (Å²) in [5.74, 6) is -1.87. The normalized spacial score (nSPS) is 16.9. The van der Waals surface area contributed by atoms with E-state index in [9.17, 15) is 19.2 Å². The van der Waals surface area contributed by atoms with E-state index < -0.39 is 40.9 Å². The van der Waals surface area contributed by atoms with E-state index in [1.165, 1.54) is 19.1 Å². The van der Waals surface area contributed by atoms with Crippen LogP contribution in [0.2, 0.25) is 0 Å². The Hall–Kier alpha value is -2.66. The Morgan fingerprint density at radius 1 is 1.09 bits per heavy atom. The Morgan fingerprint density at radius 2 is 1.69 bits per heavy atom. The van der Waals surface area contributed by atoms with Crippen molar-refractivity contribution in [2.75, 3.05) is 6.54 Å². The molecule has 2 unspecified atom stereocenters. The highest BCUT2D eigenvalue weighted by atomic mass is 16.2. The summed E-state index contributed by atoms with van der Waals surface area (Å²) in [6, 6.07) is 6.20. The number of ketones is 1. The second-order valence-corrected chi connectivity index (χ2v) is 8.60. The molecule has 1 rings (SSSR count). The molecule has 0 aliphatic rings. The molecule has 178 valence electrons. The highest BCUT2D eigenvalue weighted by molar-refractivity contribution is 6.07. The zero-order chi connectivity index (χ0) is 24.5. The molecule has 32 heavy (non-hydrogen) atoms. The average molecular weight is 449 g/mol. The minimum Gasteiger partial charge on any atom is -0.343 e. The molecule has 0 radical (unpaired) electrons. The van der Waals surface area contributed by atoms with Crippen molar-refractivity contribution < 1.29 is 19.2 Å². The first-order valence-corrected chi connectivity index (χ1v) is 10.6. The van der Waals surface area contributed by atoms with E-state index in [-0.39, 0.29) is 24.2 Å². The van der Waals surface area contributed by atoms with Crippen LogP contribution in [-0.2, 0) is 14.4 Å². The van der Waals surface area contributed by atoms with Crippen LogP contribution in [0, 0.1) is 5.92 Å². The second kappa shape index (κ2) is 11.8. The molecule has 4 atom stereocenters. The van der Waals surface area contributed by atoms with Crippen LogP contribution in [0.3, 0.4) is 0 Å². The minimum atomic E-state index is -2.22. The van der Waals surface area contributed by atoms with E-state index in [0.29, 0.717) is 19.4 Å². The number of nitrogens with two attached hydrogens (primary N) is 4. The summed E-state index contributed by atoms with van der Waals surface area (Å²) < 4.78 is 0. The molecule has 0 aliphatic heterocycles. The summed E-state index contributed by atoms with van der Waals surface area (Å²) >= 11 is 0. The largest absolute Gasteiger partial charge is 0.343 e. The number of carbonyl (C=O) groups is 4. The monoisotopic (exact) mass is 448 g/mol. The van der Waals surface area contributed by atoms with Gasteiger partial charge in [-0.1, -0.05) is 44.2 Å². The summed E-state index contributed by atoms with van der Waals surface area (Å²) in [6.45, 7) is 5.39. The number of hydrogen-bond acceptors (Lipinski definition) is 8. The van der Waals surface area contributed by atoms with E-state index in [4.69, 9.17) is 22.9 Å². The number of carbonyl (C=O) groups excluding carboxylic acids is 4. The number of benzene rings is 1. The van der Waals surface area contributed by atoms with Crippen LogP contribution in [0.25, 0.3) is 0 Å². The number of nitrogens with one attached hydrogen (secondary N) is 2. The molecule has 0 bridgehead atoms. The van der Waals surface area contributed by atoms with Crippen LogP contribution >= 0.6 is 0 Å². The summed E-state index contributed by atoms with van der Waals surface area (Å²) in [5.41, 5.74) is 19.7. The van der Waals surface area contributed by atoms with Crippen molar-refractivity contribution in [3.05, 3.63) is 35.9 Å². The van der Waals surface area contributed by atoms with Crippen molar-refractivity contribution in [2.45, 2.75) is 63.3 Å². The van der Waals surface area contributed by atoms with Gasteiger partial charge in [0.1, 0.15) is 11.6 Å². The smallest absolute Gasteiger partial charge is 0.244 e. The van der Waals surface area contributed by atoms with Crippen molar-refractivity contribution in [1.29, 1.82) is 0 Å². The summed E-state index contributed by atoms with van der Waals surface area (Å²) in [4.78, 5) is 50.4. The maximum atomic E-state index is 13.0. The number of Topliss-reactive ketones (excluding diaryl/α,β-unsaturated/α-hetero) is 1. The number of aldehydes is 1. The Kier molecular flexibility index (Phi) is 10.1. The Bertz CT molecular complexity index is 799. The molecule has 0 saturated heterocycles. The average Bonchev–Trinajstić information content (AvgIpc) is 2.76. The first-order chi connectivity index (χ1) is 14.9. The van der Waals surface area contributed by atoms with Crippen LogP contribution in [-0.4, -0.2) is 53.7 Å². The van der Waals surface area contributed by atoms with Gasteiger partial charge in [-0.05, 0) is 38.6 Å². The molecule has 1 aromatic carbocycles. The van der Waals surface area contributed by atoms with Gasteiger partial charge in [-0.2, -0.15) is 0 Å².